The van der Waals surface area contributed by atoms with E-state index >= 15 is 0 Å². The highest BCUT2D eigenvalue weighted by molar-refractivity contribution is 9.11. The number of nitrogens with one attached hydrogen (secondary N) is 1. The van der Waals surface area contributed by atoms with Crippen molar-refractivity contribution in [2.24, 2.45) is 5.41 Å². The van der Waals surface area contributed by atoms with Crippen molar-refractivity contribution < 1.29 is 0 Å². The summed E-state index contributed by atoms with van der Waals surface area (Å²) in [7, 11) is 2.05. The Kier molecular flexibility index (Phi) is 2.77. The van der Waals surface area contributed by atoms with Gasteiger partial charge >= 0.3 is 0 Å². The van der Waals surface area contributed by atoms with Crippen LogP contribution in [0.5, 0.6) is 0 Å². The van der Waals surface area contributed by atoms with E-state index in [1.165, 1.54) is 34.5 Å². The van der Waals surface area contributed by atoms with Gasteiger partial charge in [0.25, 0.3) is 0 Å². The van der Waals surface area contributed by atoms with Crippen molar-refractivity contribution in [1.82, 2.24) is 5.32 Å². The number of hydrogen-bond acceptors (Lipinski definition) is 2. The highest BCUT2D eigenvalue weighted by Gasteiger charge is 2.41. The maximum absolute atomic E-state index is 3.50. The molecule has 0 atom stereocenters. The van der Waals surface area contributed by atoms with Crippen molar-refractivity contribution in [3.8, 4) is 0 Å². The fourth-order valence-corrected chi connectivity index (χ4v) is 3.44. The van der Waals surface area contributed by atoms with Crippen molar-refractivity contribution in [3.05, 3.63) is 20.8 Å². The Hall–Kier alpha value is 0.140. The molecule has 1 aliphatic carbocycles. The summed E-state index contributed by atoms with van der Waals surface area (Å²) >= 11 is 5.37. The average molecular weight is 260 g/mol. The van der Waals surface area contributed by atoms with Gasteiger partial charge in [0.05, 0.1) is 3.79 Å². The normalized spacial score (nSPS) is 18.9. The zero-order chi connectivity index (χ0) is 9.31. The molecule has 0 radical (unpaired) electrons. The number of thiophene rings is 1. The lowest BCUT2D eigenvalue weighted by Crippen LogP contribution is -2.21. The smallest absolute Gasteiger partial charge is 0.0701 e. The molecule has 1 saturated carbocycles. The van der Waals surface area contributed by atoms with E-state index in [1.807, 2.05) is 18.4 Å². The molecule has 1 aliphatic rings. The van der Waals surface area contributed by atoms with Gasteiger partial charge in [0.15, 0.2) is 0 Å². The van der Waals surface area contributed by atoms with E-state index in [0.717, 1.165) is 0 Å². The molecule has 1 aromatic heterocycles. The molecule has 0 aromatic carbocycles. The van der Waals surface area contributed by atoms with Crippen LogP contribution in [-0.2, 0) is 6.42 Å². The predicted molar refractivity (Wildman–Crippen MR) is 61.3 cm³/mol. The molecular weight excluding hydrogens is 246 g/mol. The second-order valence-electron chi connectivity index (χ2n) is 3.91. The average Bonchev–Trinajstić information content (AvgIpc) is 2.70. The zero-order valence-corrected chi connectivity index (χ0v) is 10.2. The molecule has 0 saturated heterocycles. The molecule has 1 aromatic rings. The van der Waals surface area contributed by atoms with Gasteiger partial charge in [-0.05, 0) is 59.8 Å². The van der Waals surface area contributed by atoms with Crippen LogP contribution in [-0.4, -0.2) is 13.6 Å². The van der Waals surface area contributed by atoms with Gasteiger partial charge in [-0.2, -0.15) is 0 Å². The van der Waals surface area contributed by atoms with E-state index in [1.54, 1.807) is 0 Å². The van der Waals surface area contributed by atoms with Crippen LogP contribution in [0.2, 0.25) is 0 Å². The van der Waals surface area contributed by atoms with E-state index in [4.69, 9.17) is 0 Å². The topological polar surface area (TPSA) is 12.0 Å². The van der Waals surface area contributed by atoms with Crippen LogP contribution in [0.25, 0.3) is 0 Å². The summed E-state index contributed by atoms with van der Waals surface area (Å²) in [5, 5.41) is 3.29. The third kappa shape index (κ3) is 2.33. The first kappa shape index (κ1) is 9.69. The second-order valence-corrected chi connectivity index (χ2v) is 6.46. The molecule has 1 heterocycles. The molecular formula is C10H14BrNS. The third-order valence-corrected chi connectivity index (χ3v) is 4.31. The Balaban J connectivity index is 1.98. The van der Waals surface area contributed by atoms with Gasteiger partial charge in [-0.25, -0.2) is 0 Å². The highest BCUT2D eigenvalue weighted by atomic mass is 79.9. The lowest BCUT2D eigenvalue weighted by Gasteiger charge is -2.12. The van der Waals surface area contributed by atoms with Gasteiger partial charge in [0.2, 0.25) is 0 Å². The summed E-state index contributed by atoms with van der Waals surface area (Å²) < 4.78 is 1.25. The first-order chi connectivity index (χ1) is 6.24. The predicted octanol–water partition coefficient (Wildman–Crippen LogP) is 3.05. The summed E-state index contributed by atoms with van der Waals surface area (Å²) in [5.74, 6) is 0. The molecule has 2 rings (SSSR count). The van der Waals surface area contributed by atoms with Crippen LogP contribution >= 0.6 is 27.3 Å². The highest BCUT2D eigenvalue weighted by Crippen LogP contribution is 2.48. The minimum atomic E-state index is 0.596. The summed E-state index contributed by atoms with van der Waals surface area (Å²) in [5.41, 5.74) is 0.596. The molecule has 0 spiro atoms. The van der Waals surface area contributed by atoms with Crippen molar-refractivity contribution in [2.45, 2.75) is 19.3 Å². The lowest BCUT2D eigenvalue weighted by molar-refractivity contribution is 0.482. The Morgan fingerprint density at radius 1 is 1.54 bits per heavy atom. The van der Waals surface area contributed by atoms with Crippen LogP contribution < -0.4 is 5.32 Å². The van der Waals surface area contributed by atoms with Gasteiger partial charge in [-0.3, -0.25) is 0 Å². The van der Waals surface area contributed by atoms with Gasteiger partial charge in [0.1, 0.15) is 0 Å². The Morgan fingerprint density at radius 2 is 2.31 bits per heavy atom. The molecule has 1 nitrogen and oxygen atoms in total. The van der Waals surface area contributed by atoms with Crippen LogP contribution in [0.1, 0.15) is 17.7 Å². The zero-order valence-electron chi connectivity index (χ0n) is 7.77. The van der Waals surface area contributed by atoms with Crippen LogP contribution in [0.15, 0.2) is 15.9 Å². The summed E-state index contributed by atoms with van der Waals surface area (Å²) in [6, 6.07) is 4.39. The molecule has 3 heteroatoms. The maximum atomic E-state index is 3.50. The molecule has 0 aliphatic heterocycles. The molecule has 72 valence electrons. The SMILES string of the molecule is CNCC1(Cc2ccc(Br)s2)CC1. The molecule has 1 fully saturated rings. The van der Waals surface area contributed by atoms with E-state index < -0.39 is 0 Å². The maximum Gasteiger partial charge on any atom is 0.0701 e. The monoisotopic (exact) mass is 259 g/mol. The van der Waals surface area contributed by atoms with Crippen molar-refractivity contribution in [2.75, 3.05) is 13.6 Å². The van der Waals surface area contributed by atoms with Crippen LogP contribution in [0.3, 0.4) is 0 Å². The largest absolute Gasteiger partial charge is 0.319 e. The van der Waals surface area contributed by atoms with Crippen molar-refractivity contribution >= 4 is 27.3 Å². The minimum Gasteiger partial charge on any atom is -0.319 e. The Bertz CT molecular complexity index is 291. The third-order valence-electron chi connectivity index (χ3n) is 2.69. The molecule has 0 bridgehead atoms. The minimum absolute atomic E-state index is 0.596. The number of hydrogen-bond donors (Lipinski definition) is 1. The first-order valence-corrected chi connectivity index (χ1v) is 6.24. The first-order valence-electron chi connectivity index (χ1n) is 4.63. The quantitative estimate of drug-likeness (QED) is 0.877. The van der Waals surface area contributed by atoms with Gasteiger partial charge in [-0.15, -0.1) is 11.3 Å². The number of rotatable bonds is 4. The molecule has 13 heavy (non-hydrogen) atoms. The fourth-order valence-electron chi connectivity index (χ4n) is 1.78. The van der Waals surface area contributed by atoms with Crippen LogP contribution in [0, 0.1) is 5.41 Å². The van der Waals surface area contributed by atoms with Crippen molar-refractivity contribution in [3.63, 3.8) is 0 Å². The van der Waals surface area contributed by atoms with E-state index in [2.05, 4.69) is 33.4 Å². The van der Waals surface area contributed by atoms with Gasteiger partial charge in [0, 0.05) is 11.4 Å². The molecule has 0 unspecified atom stereocenters. The fraction of sp³-hybridized carbons (Fsp3) is 0.600. The van der Waals surface area contributed by atoms with Gasteiger partial charge < -0.3 is 5.32 Å². The second kappa shape index (κ2) is 3.71. The lowest BCUT2D eigenvalue weighted by atomic mass is 10.0. The standard InChI is InChI=1S/C10H14BrNS/c1-12-7-10(4-5-10)6-8-2-3-9(11)13-8/h2-3,12H,4-7H2,1H3. The number of halogens is 1. The van der Waals surface area contributed by atoms with Crippen molar-refractivity contribution in [1.29, 1.82) is 0 Å². The summed E-state index contributed by atoms with van der Waals surface area (Å²) in [6.45, 7) is 1.17. The molecule has 1 N–H and O–H groups in total. The van der Waals surface area contributed by atoms with E-state index in [-0.39, 0.29) is 0 Å². The summed E-state index contributed by atoms with van der Waals surface area (Å²) in [4.78, 5) is 1.51. The van der Waals surface area contributed by atoms with Gasteiger partial charge in [-0.1, -0.05) is 0 Å². The van der Waals surface area contributed by atoms with E-state index in [0.29, 0.717) is 5.41 Å². The van der Waals surface area contributed by atoms with E-state index in [9.17, 15) is 0 Å². The molecule has 0 amide bonds. The summed E-state index contributed by atoms with van der Waals surface area (Å²) in [6.07, 6.45) is 4.04. The Labute approximate surface area is 91.7 Å². The van der Waals surface area contributed by atoms with Crippen LogP contribution in [0.4, 0.5) is 0 Å². The Morgan fingerprint density at radius 3 is 2.77 bits per heavy atom.